The molecule has 1 aliphatic heterocycles. The van der Waals surface area contributed by atoms with Gasteiger partial charge in [-0.05, 0) is 47.6 Å². The molecule has 0 bridgehead atoms. The monoisotopic (exact) mass is 488 g/mol. The van der Waals surface area contributed by atoms with E-state index in [9.17, 15) is 26.3 Å². The fourth-order valence-corrected chi connectivity index (χ4v) is 7.99. The molecule has 182 valence electrons. The van der Waals surface area contributed by atoms with Gasteiger partial charge >= 0.3 is 12.3 Å². The van der Waals surface area contributed by atoms with Gasteiger partial charge in [0.1, 0.15) is 0 Å². The van der Waals surface area contributed by atoms with Gasteiger partial charge < -0.3 is 4.74 Å². The first-order chi connectivity index (χ1) is 15.7. The molecule has 1 heterocycles. The van der Waals surface area contributed by atoms with Gasteiger partial charge in [0.2, 0.25) is 0 Å². The largest absolute Gasteiger partial charge is 0.481 e. The number of unbranched alkanes of at least 4 members (excludes halogenated alkanes) is 2. The second-order valence-corrected chi connectivity index (χ2v) is 12.4. The van der Waals surface area contributed by atoms with Gasteiger partial charge in [-0.25, -0.2) is 17.6 Å². The van der Waals surface area contributed by atoms with Crippen LogP contribution in [0, 0.1) is 11.6 Å². The van der Waals surface area contributed by atoms with E-state index in [1.54, 1.807) is 12.1 Å². The van der Waals surface area contributed by atoms with E-state index in [1.165, 1.54) is 55.8 Å². The molecule has 0 unspecified atom stereocenters. The number of hydrogen-bond donors (Lipinski definition) is 0. The van der Waals surface area contributed by atoms with Crippen LogP contribution in [0.15, 0.2) is 36.4 Å². The van der Waals surface area contributed by atoms with Crippen LogP contribution in [-0.4, -0.2) is 27.8 Å². The predicted octanol–water partition coefficient (Wildman–Crippen LogP) is 8.21. The normalized spacial score (nSPS) is 19.2. The summed E-state index contributed by atoms with van der Waals surface area (Å²) in [6, 6.07) is 13.6. The minimum atomic E-state index is -4.50. The number of alkyl halides is 4. The van der Waals surface area contributed by atoms with Crippen LogP contribution in [0.25, 0.3) is 11.1 Å². The Kier molecular flexibility index (Phi) is 8.90. The SMILES string of the molecule is CCCCC[SiH]1CCC(c2ccc(-c3cc(F)c(OCC(F)(F)C(F)F)c(F)c3)cc2)CC1. The molecule has 0 N–H and O–H groups in total. The van der Waals surface area contributed by atoms with Gasteiger partial charge in [-0.2, -0.15) is 8.78 Å². The van der Waals surface area contributed by atoms with Crippen LogP contribution in [0.4, 0.5) is 26.3 Å². The molecule has 0 saturated carbocycles. The van der Waals surface area contributed by atoms with Crippen molar-refractivity contribution in [1.82, 2.24) is 0 Å². The van der Waals surface area contributed by atoms with Crippen LogP contribution in [0.1, 0.15) is 50.5 Å². The van der Waals surface area contributed by atoms with Crippen LogP contribution in [-0.2, 0) is 0 Å². The first kappa shape index (κ1) is 25.7. The van der Waals surface area contributed by atoms with Crippen molar-refractivity contribution in [2.24, 2.45) is 0 Å². The summed E-state index contributed by atoms with van der Waals surface area (Å²) in [5, 5.41) is 0. The molecule has 1 aliphatic rings. The Hall–Kier alpha value is -1.96. The lowest BCUT2D eigenvalue weighted by Gasteiger charge is -2.28. The van der Waals surface area contributed by atoms with Crippen molar-refractivity contribution < 1.29 is 31.1 Å². The van der Waals surface area contributed by atoms with Crippen molar-refractivity contribution in [3.8, 4) is 16.9 Å². The van der Waals surface area contributed by atoms with Gasteiger partial charge in [-0.3, -0.25) is 0 Å². The third-order valence-electron chi connectivity index (χ3n) is 6.50. The highest BCUT2D eigenvalue weighted by Gasteiger charge is 2.42. The zero-order valence-electron chi connectivity index (χ0n) is 18.7. The standard InChI is InChI=1S/C25H30F6OSi/c1-2-3-4-11-33-12-9-19(10-13-33)17-5-7-18(8-6-17)20-14-21(26)23(22(27)15-20)32-16-25(30,31)24(28)29/h5-8,14-15,19,24,33H,2-4,9-13,16H2,1H3. The molecular weight excluding hydrogens is 458 g/mol. The van der Waals surface area contributed by atoms with Gasteiger partial charge in [0, 0.05) is 8.80 Å². The van der Waals surface area contributed by atoms with Crippen LogP contribution in [0.5, 0.6) is 5.75 Å². The molecule has 2 aromatic rings. The smallest absolute Gasteiger partial charge is 0.340 e. The summed E-state index contributed by atoms with van der Waals surface area (Å²) in [6.07, 6.45) is 2.35. The van der Waals surface area contributed by atoms with Gasteiger partial charge in [0.25, 0.3) is 0 Å². The van der Waals surface area contributed by atoms with E-state index in [-0.39, 0.29) is 5.56 Å². The average Bonchev–Trinajstić information content (AvgIpc) is 2.79. The molecular formula is C25H30F6OSi. The lowest BCUT2D eigenvalue weighted by Crippen LogP contribution is -2.34. The van der Waals surface area contributed by atoms with Crippen molar-refractivity contribution in [2.45, 2.75) is 75.4 Å². The molecule has 0 aromatic heterocycles. The summed E-state index contributed by atoms with van der Waals surface area (Å²) in [7, 11) is -0.602. The molecule has 0 spiro atoms. The Labute approximate surface area is 192 Å². The maximum Gasteiger partial charge on any atom is 0.340 e. The van der Waals surface area contributed by atoms with E-state index in [1.807, 2.05) is 12.1 Å². The summed E-state index contributed by atoms with van der Waals surface area (Å²) in [4.78, 5) is 0. The molecule has 1 fully saturated rings. The molecule has 1 saturated heterocycles. The maximum absolute atomic E-state index is 14.3. The molecule has 3 rings (SSSR count). The molecule has 0 aliphatic carbocycles. The summed E-state index contributed by atoms with van der Waals surface area (Å²) in [5.41, 5.74) is 2.01. The molecule has 0 amide bonds. The lowest BCUT2D eigenvalue weighted by atomic mass is 9.92. The first-order valence-corrected chi connectivity index (χ1v) is 14.0. The summed E-state index contributed by atoms with van der Waals surface area (Å²) in [5.74, 6) is -7.51. The van der Waals surface area contributed by atoms with Crippen molar-refractivity contribution in [3.05, 3.63) is 53.6 Å². The second kappa shape index (κ2) is 11.4. The van der Waals surface area contributed by atoms with Crippen molar-refractivity contribution in [3.63, 3.8) is 0 Å². The molecule has 2 aromatic carbocycles. The minimum Gasteiger partial charge on any atom is -0.481 e. The van der Waals surface area contributed by atoms with Crippen LogP contribution < -0.4 is 4.74 Å². The fourth-order valence-electron chi connectivity index (χ4n) is 4.51. The van der Waals surface area contributed by atoms with Crippen molar-refractivity contribution >= 4 is 8.80 Å². The number of hydrogen-bond acceptors (Lipinski definition) is 1. The molecule has 0 atom stereocenters. The maximum atomic E-state index is 14.3. The van der Waals surface area contributed by atoms with E-state index < -0.39 is 45.1 Å². The summed E-state index contributed by atoms with van der Waals surface area (Å²) < 4.78 is 83.4. The Morgan fingerprint density at radius 2 is 1.58 bits per heavy atom. The van der Waals surface area contributed by atoms with Crippen LogP contribution >= 0.6 is 0 Å². The molecule has 8 heteroatoms. The highest BCUT2D eigenvalue weighted by Crippen LogP contribution is 2.37. The summed E-state index contributed by atoms with van der Waals surface area (Å²) >= 11 is 0. The molecule has 1 nitrogen and oxygen atoms in total. The third kappa shape index (κ3) is 6.77. The third-order valence-corrected chi connectivity index (χ3v) is 10.0. The van der Waals surface area contributed by atoms with E-state index in [0.29, 0.717) is 11.5 Å². The predicted molar refractivity (Wildman–Crippen MR) is 121 cm³/mol. The lowest BCUT2D eigenvalue weighted by molar-refractivity contribution is -0.148. The number of ether oxygens (including phenoxy) is 1. The van der Waals surface area contributed by atoms with E-state index in [2.05, 4.69) is 11.7 Å². The minimum absolute atomic E-state index is 0.219. The number of benzene rings is 2. The van der Waals surface area contributed by atoms with E-state index in [0.717, 1.165) is 12.1 Å². The fraction of sp³-hybridized carbons (Fsp3) is 0.520. The average molecular weight is 489 g/mol. The van der Waals surface area contributed by atoms with Crippen LogP contribution in [0.3, 0.4) is 0 Å². The number of rotatable bonds is 10. The van der Waals surface area contributed by atoms with E-state index in [4.69, 9.17) is 0 Å². The number of halogens is 6. The van der Waals surface area contributed by atoms with Crippen molar-refractivity contribution in [2.75, 3.05) is 6.61 Å². The zero-order chi connectivity index (χ0) is 24.0. The second-order valence-electron chi connectivity index (χ2n) is 8.95. The molecule has 33 heavy (non-hydrogen) atoms. The topological polar surface area (TPSA) is 9.23 Å². The Bertz CT molecular complexity index is 871. The Morgan fingerprint density at radius 3 is 2.12 bits per heavy atom. The first-order valence-electron chi connectivity index (χ1n) is 11.6. The molecule has 0 radical (unpaired) electrons. The van der Waals surface area contributed by atoms with Gasteiger partial charge in [-0.15, -0.1) is 0 Å². The quantitative estimate of drug-likeness (QED) is 0.186. The van der Waals surface area contributed by atoms with Crippen molar-refractivity contribution in [1.29, 1.82) is 0 Å². The Balaban J connectivity index is 1.63. The highest BCUT2D eigenvalue weighted by molar-refractivity contribution is 6.59. The van der Waals surface area contributed by atoms with Gasteiger partial charge in [0.05, 0.1) is 0 Å². The van der Waals surface area contributed by atoms with Gasteiger partial charge in [0.15, 0.2) is 24.0 Å². The van der Waals surface area contributed by atoms with Crippen LogP contribution in [0.2, 0.25) is 18.1 Å². The highest BCUT2D eigenvalue weighted by atomic mass is 28.3. The zero-order valence-corrected chi connectivity index (χ0v) is 19.9. The Morgan fingerprint density at radius 1 is 0.970 bits per heavy atom. The van der Waals surface area contributed by atoms with Gasteiger partial charge in [-0.1, -0.05) is 68.6 Å². The van der Waals surface area contributed by atoms with E-state index >= 15 is 0 Å². The summed E-state index contributed by atoms with van der Waals surface area (Å²) in [6.45, 7) is 0.418.